The number of rotatable bonds is 9. The van der Waals surface area contributed by atoms with Crippen molar-refractivity contribution < 1.29 is 19.0 Å². The minimum atomic E-state index is -0.161. The third kappa shape index (κ3) is 5.49. The Morgan fingerprint density at radius 3 is 2.46 bits per heavy atom. The van der Waals surface area contributed by atoms with E-state index in [1.54, 1.807) is 25.3 Å². The molecule has 0 aliphatic heterocycles. The molecule has 26 heavy (non-hydrogen) atoms. The topological polar surface area (TPSA) is 56.8 Å². The van der Waals surface area contributed by atoms with Gasteiger partial charge in [0.15, 0.2) is 11.5 Å². The number of hydrogen-bond acceptors (Lipinski definition) is 4. The van der Waals surface area contributed by atoms with Gasteiger partial charge in [0.1, 0.15) is 0 Å². The number of ether oxygens (including phenoxy) is 3. The quantitative estimate of drug-likeness (QED) is 0.738. The highest BCUT2D eigenvalue weighted by Gasteiger charge is 2.12. The van der Waals surface area contributed by atoms with Crippen molar-refractivity contribution in [3.05, 3.63) is 59.2 Å². The molecule has 5 nitrogen and oxygen atoms in total. The summed E-state index contributed by atoms with van der Waals surface area (Å²) in [6.07, 6.45) is 0.161. The predicted molar refractivity (Wildman–Crippen MR) is 102 cm³/mol. The summed E-state index contributed by atoms with van der Waals surface area (Å²) in [7, 11) is 1.56. The molecule has 0 aromatic heterocycles. The fourth-order valence-corrected chi connectivity index (χ4v) is 2.49. The van der Waals surface area contributed by atoms with Crippen LogP contribution in [-0.2, 0) is 17.9 Å². The first-order chi connectivity index (χ1) is 12.5. The Bertz CT molecular complexity index is 728. The van der Waals surface area contributed by atoms with Crippen molar-refractivity contribution in [2.45, 2.75) is 40.0 Å². The lowest BCUT2D eigenvalue weighted by Crippen LogP contribution is -2.23. The molecule has 0 unspecified atom stereocenters. The molecule has 0 saturated carbocycles. The molecule has 2 aromatic rings. The summed E-state index contributed by atoms with van der Waals surface area (Å²) >= 11 is 0. The highest BCUT2D eigenvalue weighted by atomic mass is 16.5. The second kappa shape index (κ2) is 9.82. The molecule has 0 atom stereocenters. The van der Waals surface area contributed by atoms with E-state index in [4.69, 9.17) is 14.2 Å². The van der Waals surface area contributed by atoms with E-state index in [0.717, 1.165) is 11.1 Å². The van der Waals surface area contributed by atoms with Crippen molar-refractivity contribution in [2.75, 3.05) is 13.7 Å². The van der Waals surface area contributed by atoms with E-state index in [9.17, 15) is 4.79 Å². The van der Waals surface area contributed by atoms with Gasteiger partial charge in [0, 0.05) is 12.1 Å². The van der Waals surface area contributed by atoms with Crippen LogP contribution in [0, 0.1) is 0 Å². The number of methoxy groups -OCH3 is 1. The minimum absolute atomic E-state index is 0.161. The Morgan fingerprint density at radius 2 is 1.81 bits per heavy atom. The van der Waals surface area contributed by atoms with E-state index in [1.165, 1.54) is 0 Å². The molecule has 0 spiro atoms. The van der Waals surface area contributed by atoms with E-state index in [0.29, 0.717) is 36.8 Å². The number of benzene rings is 2. The summed E-state index contributed by atoms with van der Waals surface area (Å²) in [4.78, 5) is 12.5. The summed E-state index contributed by atoms with van der Waals surface area (Å²) in [5.41, 5.74) is 2.64. The molecule has 1 amide bonds. The molecule has 2 aromatic carbocycles. The predicted octanol–water partition coefficient (Wildman–Crippen LogP) is 3.95. The first-order valence-corrected chi connectivity index (χ1v) is 8.82. The molecule has 0 heterocycles. The number of amides is 1. The summed E-state index contributed by atoms with van der Waals surface area (Å²) in [5.74, 6) is 1.01. The number of nitrogens with one attached hydrogen (secondary N) is 1. The third-order valence-electron chi connectivity index (χ3n) is 3.86. The van der Waals surface area contributed by atoms with Crippen LogP contribution in [0.5, 0.6) is 11.5 Å². The van der Waals surface area contributed by atoms with Crippen LogP contribution in [0.4, 0.5) is 0 Å². The average molecular weight is 357 g/mol. The van der Waals surface area contributed by atoms with Crippen molar-refractivity contribution in [3.63, 3.8) is 0 Å². The Morgan fingerprint density at radius 1 is 1.08 bits per heavy atom. The molecule has 0 fully saturated rings. The third-order valence-corrected chi connectivity index (χ3v) is 3.86. The van der Waals surface area contributed by atoms with Crippen LogP contribution in [0.2, 0.25) is 0 Å². The van der Waals surface area contributed by atoms with Crippen LogP contribution in [-0.4, -0.2) is 25.7 Å². The molecule has 0 saturated heterocycles. The molecular weight excluding hydrogens is 330 g/mol. The Labute approximate surface area is 155 Å². The second-order valence-electron chi connectivity index (χ2n) is 6.11. The first kappa shape index (κ1) is 19.8. The van der Waals surface area contributed by atoms with Gasteiger partial charge in [-0.1, -0.05) is 24.3 Å². The van der Waals surface area contributed by atoms with Gasteiger partial charge in [-0.15, -0.1) is 0 Å². The maximum Gasteiger partial charge on any atom is 0.251 e. The molecule has 1 N–H and O–H groups in total. The molecule has 0 aliphatic rings. The molecule has 0 aliphatic carbocycles. The van der Waals surface area contributed by atoms with E-state index >= 15 is 0 Å². The van der Waals surface area contributed by atoms with Gasteiger partial charge in [-0.05, 0) is 50.1 Å². The van der Waals surface area contributed by atoms with Gasteiger partial charge < -0.3 is 19.5 Å². The zero-order valence-electron chi connectivity index (χ0n) is 15.9. The minimum Gasteiger partial charge on any atom is -0.493 e. The highest BCUT2D eigenvalue weighted by Crippen LogP contribution is 2.28. The van der Waals surface area contributed by atoms with Gasteiger partial charge in [-0.3, -0.25) is 4.79 Å². The standard InChI is InChI=1S/C21H27NO4/c1-5-25-19-11-10-16(12-20(19)24-4)21(23)22-13-17-8-6-7-9-18(17)14-26-15(2)3/h6-12,15H,5,13-14H2,1-4H3,(H,22,23). The summed E-state index contributed by atoms with van der Waals surface area (Å²) in [6, 6.07) is 13.1. The number of hydrogen-bond donors (Lipinski definition) is 1. The van der Waals surface area contributed by atoms with E-state index < -0.39 is 0 Å². The summed E-state index contributed by atoms with van der Waals surface area (Å²) < 4.78 is 16.5. The number of carbonyl (C=O) groups is 1. The molecule has 2 rings (SSSR count). The average Bonchev–Trinajstić information content (AvgIpc) is 2.65. The van der Waals surface area contributed by atoms with Crippen LogP contribution in [0.25, 0.3) is 0 Å². The van der Waals surface area contributed by atoms with Gasteiger partial charge in [-0.2, -0.15) is 0 Å². The molecular formula is C21H27NO4. The molecule has 0 bridgehead atoms. The fourth-order valence-electron chi connectivity index (χ4n) is 2.49. The number of carbonyl (C=O) groups excluding carboxylic acids is 1. The molecule has 140 valence electrons. The van der Waals surface area contributed by atoms with Crippen molar-refractivity contribution in [1.29, 1.82) is 0 Å². The summed E-state index contributed by atoms with van der Waals surface area (Å²) in [5, 5.41) is 2.96. The normalized spacial score (nSPS) is 10.7. The highest BCUT2D eigenvalue weighted by molar-refractivity contribution is 5.94. The van der Waals surface area contributed by atoms with Crippen molar-refractivity contribution in [3.8, 4) is 11.5 Å². The van der Waals surface area contributed by atoms with Crippen LogP contribution in [0.1, 0.15) is 42.3 Å². The largest absolute Gasteiger partial charge is 0.493 e. The van der Waals surface area contributed by atoms with Crippen LogP contribution >= 0.6 is 0 Å². The van der Waals surface area contributed by atoms with E-state index in [1.807, 2.05) is 45.0 Å². The van der Waals surface area contributed by atoms with Crippen molar-refractivity contribution in [2.24, 2.45) is 0 Å². The maximum absolute atomic E-state index is 12.5. The molecule has 5 heteroatoms. The Balaban J connectivity index is 2.05. The Hall–Kier alpha value is -2.53. The van der Waals surface area contributed by atoms with Crippen LogP contribution in [0.3, 0.4) is 0 Å². The second-order valence-corrected chi connectivity index (χ2v) is 6.11. The zero-order chi connectivity index (χ0) is 18.9. The lowest BCUT2D eigenvalue weighted by Gasteiger charge is -2.14. The van der Waals surface area contributed by atoms with Crippen molar-refractivity contribution >= 4 is 5.91 Å². The monoisotopic (exact) mass is 357 g/mol. The van der Waals surface area contributed by atoms with E-state index in [2.05, 4.69) is 5.32 Å². The smallest absolute Gasteiger partial charge is 0.251 e. The van der Waals surface area contributed by atoms with Gasteiger partial charge in [-0.25, -0.2) is 0 Å². The first-order valence-electron chi connectivity index (χ1n) is 8.82. The van der Waals surface area contributed by atoms with E-state index in [-0.39, 0.29) is 12.0 Å². The fraction of sp³-hybridized carbons (Fsp3) is 0.381. The lowest BCUT2D eigenvalue weighted by atomic mass is 10.1. The Kier molecular flexibility index (Phi) is 7.48. The van der Waals surface area contributed by atoms with Gasteiger partial charge >= 0.3 is 0 Å². The van der Waals surface area contributed by atoms with Gasteiger partial charge in [0.05, 0.1) is 26.4 Å². The van der Waals surface area contributed by atoms with Crippen LogP contribution < -0.4 is 14.8 Å². The molecule has 0 radical (unpaired) electrons. The zero-order valence-corrected chi connectivity index (χ0v) is 15.9. The van der Waals surface area contributed by atoms with Crippen molar-refractivity contribution in [1.82, 2.24) is 5.32 Å². The van der Waals surface area contributed by atoms with Gasteiger partial charge in [0.2, 0.25) is 0 Å². The maximum atomic E-state index is 12.5. The van der Waals surface area contributed by atoms with Gasteiger partial charge in [0.25, 0.3) is 5.91 Å². The van der Waals surface area contributed by atoms with Crippen LogP contribution in [0.15, 0.2) is 42.5 Å². The SMILES string of the molecule is CCOc1ccc(C(=O)NCc2ccccc2COC(C)C)cc1OC. The summed E-state index contributed by atoms with van der Waals surface area (Å²) in [6.45, 7) is 7.41. The lowest BCUT2D eigenvalue weighted by molar-refractivity contribution is 0.0651.